The van der Waals surface area contributed by atoms with Crippen molar-refractivity contribution in [2.75, 3.05) is 11.0 Å². The van der Waals surface area contributed by atoms with Crippen molar-refractivity contribution in [3.63, 3.8) is 0 Å². The van der Waals surface area contributed by atoms with Gasteiger partial charge in [-0.25, -0.2) is 18.2 Å². The molecule has 0 atom stereocenters. The van der Waals surface area contributed by atoms with Crippen LogP contribution in [-0.2, 0) is 10.0 Å². The van der Waals surface area contributed by atoms with Gasteiger partial charge >= 0.3 is 5.63 Å². The number of benzene rings is 2. The molecule has 4 aromatic rings. The number of hydrogen-bond donors (Lipinski definition) is 1. The Hall–Kier alpha value is -2.36. The van der Waals surface area contributed by atoms with Gasteiger partial charge in [0.15, 0.2) is 4.34 Å². The predicted octanol–water partition coefficient (Wildman–Crippen LogP) is 3.93. The van der Waals surface area contributed by atoms with E-state index in [2.05, 4.69) is 9.71 Å². The van der Waals surface area contributed by atoms with Gasteiger partial charge in [-0.1, -0.05) is 11.8 Å². The van der Waals surface area contributed by atoms with Gasteiger partial charge in [0.05, 0.1) is 20.8 Å². The first kappa shape index (κ1) is 17.1. The van der Waals surface area contributed by atoms with Crippen molar-refractivity contribution < 1.29 is 12.8 Å². The van der Waals surface area contributed by atoms with E-state index < -0.39 is 15.6 Å². The lowest BCUT2D eigenvalue weighted by Crippen LogP contribution is -2.12. The molecule has 132 valence electrons. The molecule has 0 aliphatic rings. The van der Waals surface area contributed by atoms with Crippen LogP contribution in [0.2, 0.25) is 0 Å². The maximum atomic E-state index is 12.7. The number of fused-ring (bicyclic) bond motifs is 2. The van der Waals surface area contributed by atoms with Crippen LogP contribution in [0.1, 0.15) is 0 Å². The molecule has 0 saturated carbocycles. The molecule has 0 fully saturated rings. The highest BCUT2D eigenvalue weighted by Gasteiger charge is 2.16. The van der Waals surface area contributed by atoms with E-state index in [1.165, 1.54) is 41.7 Å². The predicted molar refractivity (Wildman–Crippen MR) is 105 cm³/mol. The van der Waals surface area contributed by atoms with Gasteiger partial charge in [-0.15, -0.1) is 11.3 Å². The molecule has 2 heterocycles. The summed E-state index contributed by atoms with van der Waals surface area (Å²) in [6, 6.07) is 12.4. The molecule has 0 unspecified atom stereocenters. The van der Waals surface area contributed by atoms with E-state index in [0.717, 1.165) is 14.6 Å². The highest BCUT2D eigenvalue weighted by atomic mass is 32.2. The van der Waals surface area contributed by atoms with Gasteiger partial charge in [0.25, 0.3) is 10.0 Å². The molecule has 0 spiro atoms. The van der Waals surface area contributed by atoms with Crippen molar-refractivity contribution in [1.29, 1.82) is 0 Å². The van der Waals surface area contributed by atoms with Gasteiger partial charge in [-0.05, 0) is 48.7 Å². The van der Waals surface area contributed by atoms with Crippen molar-refractivity contribution >= 4 is 60.0 Å². The fourth-order valence-corrected chi connectivity index (χ4v) is 5.10. The van der Waals surface area contributed by atoms with Crippen LogP contribution in [0.4, 0.5) is 5.69 Å². The average Bonchev–Trinajstić information content (AvgIpc) is 3.03. The minimum Gasteiger partial charge on any atom is -0.423 e. The number of anilines is 1. The molecule has 0 radical (unpaired) electrons. The van der Waals surface area contributed by atoms with Gasteiger partial charge in [-0.2, -0.15) is 0 Å². The quantitative estimate of drug-likeness (QED) is 0.410. The van der Waals surface area contributed by atoms with Crippen molar-refractivity contribution in [3.05, 3.63) is 59.0 Å². The molecule has 1 N–H and O–H groups in total. The molecule has 0 saturated heterocycles. The monoisotopic (exact) mass is 404 g/mol. The Morgan fingerprint density at radius 2 is 1.96 bits per heavy atom. The molecule has 26 heavy (non-hydrogen) atoms. The largest absolute Gasteiger partial charge is 0.423 e. The lowest BCUT2D eigenvalue weighted by molar-refractivity contribution is 0.560. The maximum absolute atomic E-state index is 12.7. The number of nitrogens with one attached hydrogen (secondary N) is 1. The van der Waals surface area contributed by atoms with Crippen molar-refractivity contribution in [3.8, 4) is 0 Å². The summed E-state index contributed by atoms with van der Waals surface area (Å²) in [6.45, 7) is 0. The van der Waals surface area contributed by atoms with Gasteiger partial charge in [0.1, 0.15) is 5.58 Å². The minimum atomic E-state index is -3.77. The first-order chi connectivity index (χ1) is 12.4. The van der Waals surface area contributed by atoms with Crippen LogP contribution < -0.4 is 10.3 Å². The van der Waals surface area contributed by atoms with E-state index in [1.54, 1.807) is 30.0 Å². The van der Waals surface area contributed by atoms with Gasteiger partial charge in [0, 0.05) is 11.5 Å². The summed E-state index contributed by atoms with van der Waals surface area (Å²) in [4.78, 5) is 15.8. The molecule has 0 aliphatic heterocycles. The van der Waals surface area contributed by atoms with E-state index in [0.29, 0.717) is 16.7 Å². The third kappa shape index (κ3) is 3.20. The number of rotatable bonds is 4. The van der Waals surface area contributed by atoms with Crippen molar-refractivity contribution in [1.82, 2.24) is 4.98 Å². The third-order valence-corrected chi connectivity index (χ3v) is 7.08. The molecule has 0 aliphatic carbocycles. The fourth-order valence-electron chi connectivity index (χ4n) is 2.49. The Labute approximate surface area is 156 Å². The van der Waals surface area contributed by atoms with Crippen LogP contribution >= 0.6 is 23.1 Å². The average molecular weight is 404 g/mol. The Morgan fingerprint density at radius 1 is 1.12 bits per heavy atom. The SMILES string of the molecule is CSc1nc2ccc(NS(=O)(=O)c3ccc4oc(=O)ccc4c3)cc2s1. The smallest absolute Gasteiger partial charge is 0.336 e. The zero-order valence-corrected chi connectivity index (χ0v) is 15.9. The molecule has 6 nitrogen and oxygen atoms in total. The number of thioether (sulfide) groups is 1. The molecule has 9 heteroatoms. The van der Waals surface area contributed by atoms with Crippen LogP contribution in [0.25, 0.3) is 21.2 Å². The minimum absolute atomic E-state index is 0.0908. The third-order valence-electron chi connectivity index (χ3n) is 3.70. The Bertz CT molecular complexity index is 1290. The lowest BCUT2D eigenvalue weighted by atomic mass is 10.2. The van der Waals surface area contributed by atoms with Gasteiger partial charge in [-0.3, -0.25) is 4.72 Å². The first-order valence-electron chi connectivity index (χ1n) is 7.46. The van der Waals surface area contributed by atoms with E-state index in [-0.39, 0.29) is 4.90 Å². The number of thiazole rings is 1. The van der Waals surface area contributed by atoms with Crippen LogP contribution in [0.15, 0.2) is 67.0 Å². The second-order valence-corrected chi connectivity index (χ2v) is 9.19. The summed E-state index contributed by atoms with van der Waals surface area (Å²) in [5, 5.41) is 0.537. The van der Waals surface area contributed by atoms with E-state index in [9.17, 15) is 13.2 Å². The fraction of sp³-hybridized carbons (Fsp3) is 0.0588. The number of aromatic nitrogens is 1. The molecule has 2 aromatic carbocycles. The highest BCUT2D eigenvalue weighted by molar-refractivity contribution is 8.00. The van der Waals surface area contributed by atoms with Crippen LogP contribution in [-0.4, -0.2) is 19.7 Å². The zero-order chi connectivity index (χ0) is 18.3. The summed E-state index contributed by atoms with van der Waals surface area (Å²) < 4.78 is 34.8. The normalized spacial score (nSPS) is 11.9. The lowest BCUT2D eigenvalue weighted by Gasteiger charge is -2.08. The maximum Gasteiger partial charge on any atom is 0.336 e. The summed E-state index contributed by atoms with van der Waals surface area (Å²) in [5.74, 6) is 0. The van der Waals surface area contributed by atoms with Crippen molar-refractivity contribution in [2.45, 2.75) is 9.24 Å². The summed E-state index contributed by atoms with van der Waals surface area (Å²) >= 11 is 3.06. The zero-order valence-electron chi connectivity index (χ0n) is 13.4. The standard InChI is InChI=1S/C17H12N2O4S3/c1-24-17-18-13-5-3-11(9-15(13)25-17)19-26(21,22)12-4-6-14-10(8-12)2-7-16(20)23-14/h2-9,19H,1H3. The number of sulfonamides is 1. The summed E-state index contributed by atoms with van der Waals surface area (Å²) in [6.07, 6.45) is 1.95. The Balaban J connectivity index is 1.70. The Morgan fingerprint density at radius 3 is 2.77 bits per heavy atom. The Kier molecular flexibility index (Phi) is 4.22. The molecule has 0 bridgehead atoms. The second-order valence-electron chi connectivity index (χ2n) is 5.43. The van der Waals surface area contributed by atoms with Gasteiger partial charge < -0.3 is 4.42 Å². The second kappa shape index (κ2) is 6.42. The van der Waals surface area contributed by atoms with Gasteiger partial charge in [0.2, 0.25) is 0 Å². The topological polar surface area (TPSA) is 89.3 Å². The van der Waals surface area contributed by atoms with E-state index in [4.69, 9.17) is 4.42 Å². The number of hydrogen-bond acceptors (Lipinski definition) is 7. The van der Waals surface area contributed by atoms with Crippen molar-refractivity contribution in [2.24, 2.45) is 0 Å². The molecular weight excluding hydrogens is 392 g/mol. The van der Waals surface area contributed by atoms with E-state index >= 15 is 0 Å². The first-order valence-corrected chi connectivity index (χ1v) is 11.0. The van der Waals surface area contributed by atoms with Crippen LogP contribution in [0.3, 0.4) is 0 Å². The molecule has 4 rings (SSSR count). The molecular formula is C17H12N2O4S3. The summed E-state index contributed by atoms with van der Waals surface area (Å²) in [5.41, 5.74) is 1.16. The van der Waals surface area contributed by atoms with Crippen LogP contribution in [0.5, 0.6) is 0 Å². The highest BCUT2D eigenvalue weighted by Crippen LogP contribution is 2.30. The molecule has 2 aromatic heterocycles. The summed E-state index contributed by atoms with van der Waals surface area (Å²) in [7, 11) is -3.77. The van der Waals surface area contributed by atoms with E-state index in [1.807, 2.05) is 6.26 Å². The van der Waals surface area contributed by atoms with Crippen LogP contribution in [0, 0.1) is 0 Å². The molecule has 0 amide bonds. The number of nitrogens with zero attached hydrogens (tertiary/aromatic N) is 1.